The summed E-state index contributed by atoms with van der Waals surface area (Å²) in [7, 11) is 0. The van der Waals surface area contributed by atoms with Crippen LogP contribution < -0.4 is 16.6 Å². The van der Waals surface area contributed by atoms with Crippen molar-refractivity contribution in [3.8, 4) is 0 Å². The molecule has 0 unspecified atom stereocenters. The van der Waals surface area contributed by atoms with Crippen molar-refractivity contribution >= 4 is 5.91 Å². The third-order valence-electron chi connectivity index (χ3n) is 3.12. The predicted molar refractivity (Wildman–Crippen MR) is 60.2 cm³/mol. The van der Waals surface area contributed by atoms with E-state index in [1.165, 1.54) is 12.3 Å². The second-order valence-corrected chi connectivity index (χ2v) is 4.23. The number of nitrogens with one attached hydrogen (secondary N) is 2. The van der Waals surface area contributed by atoms with Gasteiger partial charge < -0.3 is 16.0 Å². The standard InChI is InChI=1S/C11H15N3O2/c12-7-11(3-1-4-11)14-10(16)8-2-5-13-9(15)6-8/h2,5-6H,1,3-4,7,12H2,(H,13,15)(H,14,16). The van der Waals surface area contributed by atoms with Gasteiger partial charge in [0.1, 0.15) is 0 Å². The van der Waals surface area contributed by atoms with Crippen LogP contribution >= 0.6 is 0 Å². The minimum Gasteiger partial charge on any atom is -0.345 e. The summed E-state index contributed by atoms with van der Waals surface area (Å²) >= 11 is 0. The molecule has 2 rings (SSSR count). The van der Waals surface area contributed by atoms with E-state index in [1.54, 1.807) is 6.07 Å². The van der Waals surface area contributed by atoms with Crippen LogP contribution in [0.25, 0.3) is 0 Å². The normalized spacial score (nSPS) is 17.6. The lowest BCUT2D eigenvalue weighted by molar-refractivity contribution is 0.0837. The molecule has 0 atom stereocenters. The fraction of sp³-hybridized carbons (Fsp3) is 0.455. The molecule has 1 fully saturated rings. The first-order valence-electron chi connectivity index (χ1n) is 5.37. The number of aromatic nitrogens is 1. The Kier molecular flexibility index (Phi) is 2.78. The zero-order valence-electron chi connectivity index (χ0n) is 8.95. The highest BCUT2D eigenvalue weighted by Crippen LogP contribution is 2.30. The molecule has 1 aliphatic rings. The largest absolute Gasteiger partial charge is 0.345 e. The number of pyridine rings is 1. The first-order chi connectivity index (χ1) is 7.65. The Bertz CT molecular complexity index is 443. The van der Waals surface area contributed by atoms with Crippen molar-refractivity contribution in [1.82, 2.24) is 10.3 Å². The summed E-state index contributed by atoms with van der Waals surface area (Å²) in [5.41, 5.74) is 5.50. The third kappa shape index (κ3) is 1.99. The van der Waals surface area contributed by atoms with Crippen LogP contribution in [0.5, 0.6) is 0 Å². The van der Waals surface area contributed by atoms with Gasteiger partial charge in [-0.3, -0.25) is 9.59 Å². The van der Waals surface area contributed by atoms with Gasteiger partial charge in [-0.25, -0.2) is 0 Å². The summed E-state index contributed by atoms with van der Waals surface area (Å²) < 4.78 is 0. The molecule has 1 amide bonds. The molecule has 1 aromatic heterocycles. The molecule has 16 heavy (non-hydrogen) atoms. The first-order valence-corrected chi connectivity index (χ1v) is 5.37. The summed E-state index contributed by atoms with van der Waals surface area (Å²) in [5.74, 6) is -0.226. The van der Waals surface area contributed by atoms with Crippen LogP contribution in [0.3, 0.4) is 0 Å². The van der Waals surface area contributed by atoms with Gasteiger partial charge in [0.15, 0.2) is 0 Å². The molecule has 5 heteroatoms. The SMILES string of the molecule is NCC1(NC(=O)c2cc[nH]c(=O)c2)CCC1. The topological polar surface area (TPSA) is 88.0 Å². The molecule has 1 saturated carbocycles. The van der Waals surface area contributed by atoms with Gasteiger partial charge in [-0.15, -0.1) is 0 Å². The number of carbonyl (C=O) groups excluding carboxylic acids is 1. The maximum absolute atomic E-state index is 11.8. The van der Waals surface area contributed by atoms with Crippen molar-refractivity contribution in [2.24, 2.45) is 5.73 Å². The van der Waals surface area contributed by atoms with Gasteiger partial charge in [0, 0.05) is 24.4 Å². The quantitative estimate of drug-likeness (QED) is 0.670. The van der Waals surface area contributed by atoms with Gasteiger partial charge in [0.05, 0.1) is 5.54 Å². The van der Waals surface area contributed by atoms with Crippen LogP contribution in [-0.2, 0) is 0 Å². The summed E-state index contributed by atoms with van der Waals surface area (Å²) in [6.07, 6.45) is 4.39. The van der Waals surface area contributed by atoms with Crippen LogP contribution in [0, 0.1) is 0 Å². The Morgan fingerprint density at radius 3 is 2.81 bits per heavy atom. The summed E-state index contributed by atoms with van der Waals surface area (Å²) in [5, 5.41) is 2.91. The number of hydrogen-bond donors (Lipinski definition) is 3. The third-order valence-corrected chi connectivity index (χ3v) is 3.12. The molecule has 86 valence electrons. The van der Waals surface area contributed by atoms with Crippen molar-refractivity contribution in [2.45, 2.75) is 24.8 Å². The average molecular weight is 221 g/mol. The smallest absolute Gasteiger partial charge is 0.252 e. The fourth-order valence-electron chi connectivity index (χ4n) is 1.88. The van der Waals surface area contributed by atoms with Crippen molar-refractivity contribution in [3.05, 3.63) is 34.2 Å². The van der Waals surface area contributed by atoms with E-state index in [0.717, 1.165) is 19.3 Å². The van der Waals surface area contributed by atoms with Crippen molar-refractivity contribution in [2.75, 3.05) is 6.54 Å². The van der Waals surface area contributed by atoms with Crippen LogP contribution in [-0.4, -0.2) is 23.0 Å². The highest BCUT2D eigenvalue weighted by atomic mass is 16.2. The van der Waals surface area contributed by atoms with E-state index in [4.69, 9.17) is 5.73 Å². The van der Waals surface area contributed by atoms with Gasteiger partial charge in [-0.2, -0.15) is 0 Å². The molecule has 5 nitrogen and oxygen atoms in total. The zero-order valence-corrected chi connectivity index (χ0v) is 8.95. The van der Waals surface area contributed by atoms with Crippen LogP contribution in [0.4, 0.5) is 0 Å². The zero-order chi connectivity index (χ0) is 11.6. The number of amides is 1. The second-order valence-electron chi connectivity index (χ2n) is 4.23. The van der Waals surface area contributed by atoms with Crippen molar-refractivity contribution in [1.29, 1.82) is 0 Å². The molecule has 0 saturated heterocycles. The van der Waals surface area contributed by atoms with E-state index in [9.17, 15) is 9.59 Å². The number of H-pyrrole nitrogens is 1. The molecule has 0 spiro atoms. The Morgan fingerprint density at radius 1 is 1.56 bits per heavy atom. The van der Waals surface area contributed by atoms with Crippen LogP contribution in [0.2, 0.25) is 0 Å². The molecule has 0 bridgehead atoms. The van der Waals surface area contributed by atoms with E-state index < -0.39 is 0 Å². The molecular formula is C11H15N3O2. The van der Waals surface area contributed by atoms with E-state index in [2.05, 4.69) is 10.3 Å². The second kappa shape index (κ2) is 4.09. The highest BCUT2D eigenvalue weighted by Gasteiger charge is 2.37. The average Bonchev–Trinajstić information content (AvgIpc) is 2.23. The first kappa shape index (κ1) is 10.9. The lowest BCUT2D eigenvalue weighted by atomic mass is 9.76. The van der Waals surface area contributed by atoms with Gasteiger partial charge in [-0.1, -0.05) is 0 Å². The minimum absolute atomic E-state index is 0.226. The lowest BCUT2D eigenvalue weighted by Crippen LogP contribution is -2.58. The van der Waals surface area contributed by atoms with Gasteiger partial charge in [0.2, 0.25) is 5.56 Å². The maximum Gasteiger partial charge on any atom is 0.252 e. The number of aromatic amines is 1. The van der Waals surface area contributed by atoms with Crippen molar-refractivity contribution in [3.63, 3.8) is 0 Å². The molecule has 4 N–H and O–H groups in total. The van der Waals surface area contributed by atoms with E-state index in [1.807, 2.05) is 0 Å². The molecule has 1 aromatic rings. The fourth-order valence-corrected chi connectivity index (χ4v) is 1.88. The number of nitrogens with two attached hydrogens (primary N) is 1. The minimum atomic E-state index is -0.275. The summed E-state index contributed by atoms with van der Waals surface area (Å²) in [6, 6.07) is 2.87. The van der Waals surface area contributed by atoms with E-state index >= 15 is 0 Å². The monoisotopic (exact) mass is 221 g/mol. The number of rotatable bonds is 3. The molecule has 0 radical (unpaired) electrons. The van der Waals surface area contributed by atoms with Gasteiger partial charge >= 0.3 is 0 Å². The molecule has 0 aromatic carbocycles. The van der Waals surface area contributed by atoms with Crippen molar-refractivity contribution < 1.29 is 4.79 Å². The number of carbonyl (C=O) groups is 1. The number of hydrogen-bond acceptors (Lipinski definition) is 3. The van der Waals surface area contributed by atoms with Crippen LogP contribution in [0.1, 0.15) is 29.6 Å². The van der Waals surface area contributed by atoms with E-state index in [-0.39, 0.29) is 17.0 Å². The van der Waals surface area contributed by atoms with Crippen LogP contribution in [0.15, 0.2) is 23.1 Å². The predicted octanol–water partition coefficient (Wildman–Crippen LogP) is -0.0139. The lowest BCUT2D eigenvalue weighted by Gasteiger charge is -2.41. The molecule has 1 aliphatic carbocycles. The summed E-state index contributed by atoms with van der Waals surface area (Å²) in [4.78, 5) is 25.4. The summed E-state index contributed by atoms with van der Waals surface area (Å²) in [6.45, 7) is 0.446. The Labute approximate surface area is 93.0 Å². The van der Waals surface area contributed by atoms with Gasteiger partial charge in [-0.05, 0) is 25.3 Å². The molecular weight excluding hydrogens is 206 g/mol. The molecule has 0 aliphatic heterocycles. The molecule has 1 heterocycles. The maximum atomic E-state index is 11.8. The van der Waals surface area contributed by atoms with Gasteiger partial charge in [0.25, 0.3) is 5.91 Å². The Hall–Kier alpha value is -1.62. The highest BCUT2D eigenvalue weighted by molar-refractivity contribution is 5.94. The Balaban J connectivity index is 2.11. The van der Waals surface area contributed by atoms with E-state index in [0.29, 0.717) is 12.1 Å². The Morgan fingerprint density at radius 2 is 2.31 bits per heavy atom.